The van der Waals surface area contributed by atoms with Gasteiger partial charge in [-0.2, -0.15) is 0 Å². The second-order valence-electron chi connectivity index (χ2n) is 18.0. The monoisotopic (exact) mass is 817 g/mol. The van der Waals surface area contributed by atoms with Crippen LogP contribution in [0.4, 0.5) is 17.1 Å². The largest absolute Gasteiger partial charge is 0.457 e. The van der Waals surface area contributed by atoms with Gasteiger partial charge in [-0.15, -0.1) is 0 Å². The van der Waals surface area contributed by atoms with Crippen molar-refractivity contribution in [3.05, 3.63) is 258 Å². The maximum absolute atomic E-state index is 6.99. The van der Waals surface area contributed by atoms with Crippen molar-refractivity contribution in [1.82, 2.24) is 0 Å². The molecule has 0 amide bonds. The molecule has 0 radical (unpaired) electrons. The van der Waals surface area contributed by atoms with E-state index < -0.39 is 5.41 Å². The maximum atomic E-state index is 6.99. The minimum atomic E-state index is -0.627. The summed E-state index contributed by atoms with van der Waals surface area (Å²) in [7, 11) is 0. The molecule has 3 aliphatic rings. The number of rotatable bonds is 5. The van der Waals surface area contributed by atoms with Crippen LogP contribution in [-0.4, -0.2) is 0 Å². The van der Waals surface area contributed by atoms with E-state index in [0.29, 0.717) is 0 Å². The summed E-state index contributed by atoms with van der Waals surface area (Å²) >= 11 is 0. The fourth-order valence-electron chi connectivity index (χ4n) is 11.3. The SMILES string of the molecule is CC1(C)c2ccccc2-c2ccc(N(c3ccc(-c4ccccc4)cc3)c3ccc4c(c3)C3(c5ccccc5Oc5cc(-c6ccc7ccccc7c6)ccc53)c3ccccc3-4)cc21. The van der Waals surface area contributed by atoms with Crippen molar-refractivity contribution in [2.45, 2.75) is 24.7 Å². The molecule has 1 heterocycles. The van der Waals surface area contributed by atoms with Crippen molar-refractivity contribution in [2.75, 3.05) is 4.90 Å². The molecule has 0 saturated carbocycles. The Kier molecular flexibility index (Phi) is 7.90. The van der Waals surface area contributed by atoms with E-state index in [4.69, 9.17) is 4.74 Å². The molecule has 1 spiro atoms. The van der Waals surface area contributed by atoms with Gasteiger partial charge in [-0.1, -0.05) is 184 Å². The van der Waals surface area contributed by atoms with Crippen molar-refractivity contribution in [3.8, 4) is 56.0 Å². The van der Waals surface area contributed by atoms with Gasteiger partial charge in [0, 0.05) is 33.6 Å². The molecule has 2 heteroatoms. The van der Waals surface area contributed by atoms with Gasteiger partial charge in [-0.05, 0) is 132 Å². The Balaban J connectivity index is 1.03. The molecule has 0 aromatic heterocycles. The van der Waals surface area contributed by atoms with Crippen LogP contribution in [0.3, 0.4) is 0 Å². The van der Waals surface area contributed by atoms with Crippen LogP contribution >= 0.6 is 0 Å². The Bertz CT molecular complexity index is 3510. The third kappa shape index (κ3) is 5.26. The van der Waals surface area contributed by atoms with Crippen LogP contribution in [0.5, 0.6) is 11.5 Å². The summed E-state index contributed by atoms with van der Waals surface area (Å²) in [5.41, 5.74) is 19.9. The molecule has 0 N–H and O–H groups in total. The first-order valence-electron chi connectivity index (χ1n) is 22.3. The number of hydrogen-bond donors (Lipinski definition) is 0. The van der Waals surface area contributed by atoms with E-state index in [2.05, 4.69) is 243 Å². The quantitative estimate of drug-likeness (QED) is 0.172. The lowest BCUT2D eigenvalue weighted by atomic mass is 9.66. The fourth-order valence-corrected chi connectivity index (χ4v) is 11.3. The Hall–Kier alpha value is -7.94. The van der Waals surface area contributed by atoms with E-state index in [-0.39, 0.29) is 5.41 Å². The summed E-state index contributed by atoms with van der Waals surface area (Å²) in [5, 5.41) is 2.46. The van der Waals surface area contributed by atoms with Gasteiger partial charge < -0.3 is 9.64 Å². The summed E-state index contributed by atoms with van der Waals surface area (Å²) in [6.45, 7) is 4.73. The number of hydrogen-bond acceptors (Lipinski definition) is 2. The summed E-state index contributed by atoms with van der Waals surface area (Å²) in [6.07, 6.45) is 0. The lowest BCUT2D eigenvalue weighted by Crippen LogP contribution is -2.32. The summed E-state index contributed by atoms with van der Waals surface area (Å²) < 4.78 is 6.99. The molecule has 1 atom stereocenters. The van der Waals surface area contributed by atoms with Crippen molar-refractivity contribution in [2.24, 2.45) is 0 Å². The average molecular weight is 818 g/mol. The second-order valence-corrected chi connectivity index (χ2v) is 18.0. The van der Waals surface area contributed by atoms with Crippen molar-refractivity contribution < 1.29 is 4.74 Å². The molecule has 1 aliphatic heterocycles. The van der Waals surface area contributed by atoms with Crippen molar-refractivity contribution >= 4 is 27.8 Å². The van der Waals surface area contributed by atoms with E-state index in [1.807, 2.05) is 0 Å². The van der Waals surface area contributed by atoms with Crippen LogP contribution in [-0.2, 0) is 10.8 Å². The highest BCUT2D eigenvalue weighted by molar-refractivity contribution is 5.93. The zero-order chi connectivity index (χ0) is 42.6. The molecular formula is C62H43NO. The molecule has 10 aromatic rings. The van der Waals surface area contributed by atoms with Gasteiger partial charge in [0.15, 0.2) is 0 Å². The number of fused-ring (bicyclic) bond motifs is 13. The maximum Gasteiger partial charge on any atom is 0.132 e. The van der Waals surface area contributed by atoms with E-state index in [9.17, 15) is 0 Å². The molecule has 0 saturated heterocycles. The average Bonchev–Trinajstić information content (AvgIpc) is 3.76. The lowest BCUT2D eigenvalue weighted by molar-refractivity contribution is 0.436. The van der Waals surface area contributed by atoms with Gasteiger partial charge >= 0.3 is 0 Å². The second kappa shape index (κ2) is 13.8. The zero-order valence-electron chi connectivity index (χ0n) is 35.7. The molecule has 10 aromatic carbocycles. The van der Waals surface area contributed by atoms with Crippen molar-refractivity contribution in [1.29, 1.82) is 0 Å². The number of nitrogens with zero attached hydrogens (tertiary/aromatic N) is 1. The Morgan fingerprint density at radius 1 is 0.312 bits per heavy atom. The predicted octanol–water partition coefficient (Wildman–Crippen LogP) is 16.4. The highest BCUT2D eigenvalue weighted by atomic mass is 16.5. The smallest absolute Gasteiger partial charge is 0.132 e. The summed E-state index contributed by atoms with van der Waals surface area (Å²) in [5.74, 6) is 1.76. The number of ether oxygens (including phenoxy) is 1. The number of para-hydroxylation sites is 1. The molecule has 0 bridgehead atoms. The van der Waals surface area contributed by atoms with Crippen LogP contribution < -0.4 is 9.64 Å². The van der Waals surface area contributed by atoms with Gasteiger partial charge in [0.25, 0.3) is 0 Å². The molecule has 2 nitrogen and oxygen atoms in total. The molecular weight excluding hydrogens is 775 g/mol. The number of anilines is 3. The minimum Gasteiger partial charge on any atom is -0.457 e. The first-order chi connectivity index (χ1) is 31.5. The lowest BCUT2D eigenvalue weighted by Gasteiger charge is -2.40. The van der Waals surface area contributed by atoms with Crippen LogP contribution in [0.1, 0.15) is 47.2 Å². The topological polar surface area (TPSA) is 12.5 Å². The van der Waals surface area contributed by atoms with Crippen LogP contribution in [0.25, 0.3) is 55.3 Å². The molecule has 302 valence electrons. The zero-order valence-corrected chi connectivity index (χ0v) is 35.7. The third-order valence-corrected chi connectivity index (χ3v) is 14.3. The Labute approximate surface area is 374 Å². The molecule has 2 aliphatic carbocycles. The minimum absolute atomic E-state index is 0.143. The van der Waals surface area contributed by atoms with E-state index in [1.54, 1.807) is 0 Å². The Morgan fingerprint density at radius 2 is 0.828 bits per heavy atom. The summed E-state index contributed by atoms with van der Waals surface area (Å²) in [6, 6.07) is 82.7. The molecule has 1 unspecified atom stereocenters. The van der Waals surface area contributed by atoms with E-state index >= 15 is 0 Å². The van der Waals surface area contributed by atoms with E-state index in [0.717, 1.165) is 45.3 Å². The fraction of sp³-hybridized carbons (Fsp3) is 0.0645. The van der Waals surface area contributed by atoms with Gasteiger partial charge in [-0.3, -0.25) is 0 Å². The van der Waals surface area contributed by atoms with Gasteiger partial charge in [0.05, 0.1) is 5.41 Å². The molecule has 0 fully saturated rings. The molecule has 64 heavy (non-hydrogen) atoms. The molecule has 13 rings (SSSR count). The van der Waals surface area contributed by atoms with Crippen molar-refractivity contribution in [3.63, 3.8) is 0 Å². The Morgan fingerprint density at radius 3 is 1.61 bits per heavy atom. The first-order valence-corrected chi connectivity index (χ1v) is 22.3. The normalized spacial score (nSPS) is 15.7. The third-order valence-electron chi connectivity index (χ3n) is 14.3. The van der Waals surface area contributed by atoms with Crippen LogP contribution in [0.2, 0.25) is 0 Å². The van der Waals surface area contributed by atoms with Gasteiger partial charge in [0.1, 0.15) is 11.5 Å². The van der Waals surface area contributed by atoms with Gasteiger partial charge in [0.2, 0.25) is 0 Å². The highest BCUT2D eigenvalue weighted by Gasteiger charge is 2.51. The van der Waals surface area contributed by atoms with Gasteiger partial charge in [-0.25, -0.2) is 0 Å². The van der Waals surface area contributed by atoms with E-state index in [1.165, 1.54) is 72.0 Å². The summed E-state index contributed by atoms with van der Waals surface area (Å²) in [4.78, 5) is 2.46. The first kappa shape index (κ1) is 36.7. The highest BCUT2D eigenvalue weighted by Crippen LogP contribution is 2.63. The predicted molar refractivity (Wildman–Crippen MR) is 264 cm³/mol. The van der Waals surface area contributed by atoms with Crippen LogP contribution in [0, 0.1) is 0 Å². The standard InChI is InChI=1S/C62H43NO/c1-61(2)53-20-10-8-18-49(53)51-33-31-47(38-57(51)61)63(46-29-26-42(27-30-46)40-14-4-3-5-15-40)48-32-34-52-50-19-9-11-21-54(50)62(58(52)39-48)55-22-12-13-23-59(55)64-60-37-45(28-35-56(60)62)44-25-24-41-16-6-7-17-43(41)36-44/h3-39H,1-2H3. The number of benzene rings is 10. The van der Waals surface area contributed by atoms with Crippen LogP contribution in [0.15, 0.2) is 224 Å².